The summed E-state index contributed by atoms with van der Waals surface area (Å²) in [4.78, 5) is 23.6. The number of phenols is 2. The van der Waals surface area contributed by atoms with Gasteiger partial charge in [-0.2, -0.15) is 0 Å². The highest BCUT2D eigenvalue weighted by Crippen LogP contribution is 2.26. The van der Waals surface area contributed by atoms with E-state index in [2.05, 4.69) is 6.58 Å². The second kappa shape index (κ2) is 8.01. The average molecular weight is 342 g/mol. The van der Waals surface area contributed by atoms with Crippen LogP contribution in [0.3, 0.4) is 0 Å². The van der Waals surface area contributed by atoms with Crippen molar-refractivity contribution < 1.29 is 29.3 Å². The minimum absolute atomic E-state index is 0.0423. The van der Waals surface area contributed by atoms with Gasteiger partial charge in [0.15, 0.2) is 5.78 Å². The predicted octanol–water partition coefficient (Wildman–Crippen LogP) is 2.83. The normalized spacial score (nSPS) is 10.1. The summed E-state index contributed by atoms with van der Waals surface area (Å²) in [6.45, 7) is 5.16. The number of carbonyl (C=O) groups is 2. The fraction of sp³-hybridized carbons (Fsp3) is 0.158. The first-order chi connectivity index (χ1) is 11.9. The van der Waals surface area contributed by atoms with Gasteiger partial charge in [-0.15, -0.1) is 0 Å². The molecule has 6 nitrogen and oxygen atoms in total. The molecule has 0 heterocycles. The van der Waals surface area contributed by atoms with Crippen molar-refractivity contribution in [1.82, 2.24) is 0 Å². The Morgan fingerprint density at radius 2 is 1.72 bits per heavy atom. The Morgan fingerprint density at radius 1 is 1.04 bits per heavy atom. The third kappa shape index (κ3) is 4.84. The van der Waals surface area contributed by atoms with Crippen LogP contribution in [0.5, 0.6) is 17.2 Å². The molecule has 130 valence electrons. The Morgan fingerprint density at radius 3 is 2.32 bits per heavy atom. The maximum absolute atomic E-state index is 12.3. The number of aromatic hydroxyl groups is 2. The van der Waals surface area contributed by atoms with Crippen LogP contribution in [0, 0.1) is 0 Å². The largest absolute Gasteiger partial charge is 0.508 e. The highest BCUT2D eigenvalue weighted by Gasteiger charge is 2.14. The smallest absolute Gasteiger partial charge is 0.333 e. The fourth-order valence-electron chi connectivity index (χ4n) is 1.98. The summed E-state index contributed by atoms with van der Waals surface area (Å²) in [6.07, 6.45) is 0. The summed E-state index contributed by atoms with van der Waals surface area (Å²) in [6, 6.07) is 10.0. The van der Waals surface area contributed by atoms with E-state index in [4.69, 9.17) is 9.47 Å². The van der Waals surface area contributed by atoms with Crippen molar-refractivity contribution in [3.05, 3.63) is 65.7 Å². The van der Waals surface area contributed by atoms with Crippen LogP contribution in [-0.2, 0) is 9.53 Å². The van der Waals surface area contributed by atoms with Crippen LogP contribution in [0.2, 0.25) is 0 Å². The summed E-state index contributed by atoms with van der Waals surface area (Å²) in [7, 11) is 0. The van der Waals surface area contributed by atoms with E-state index in [9.17, 15) is 19.8 Å². The van der Waals surface area contributed by atoms with Crippen molar-refractivity contribution in [1.29, 1.82) is 0 Å². The minimum Gasteiger partial charge on any atom is -0.508 e. The lowest BCUT2D eigenvalue weighted by Gasteiger charge is -2.09. The van der Waals surface area contributed by atoms with Gasteiger partial charge in [0.05, 0.1) is 5.56 Å². The van der Waals surface area contributed by atoms with Crippen LogP contribution in [-0.4, -0.2) is 35.2 Å². The van der Waals surface area contributed by atoms with Gasteiger partial charge >= 0.3 is 5.97 Å². The van der Waals surface area contributed by atoms with Crippen LogP contribution < -0.4 is 4.74 Å². The van der Waals surface area contributed by atoms with Crippen molar-refractivity contribution in [3.63, 3.8) is 0 Å². The maximum atomic E-state index is 12.3. The second-order valence-corrected chi connectivity index (χ2v) is 5.32. The third-order valence-electron chi connectivity index (χ3n) is 3.28. The quantitative estimate of drug-likeness (QED) is 0.348. The molecule has 0 amide bonds. The fourth-order valence-corrected chi connectivity index (χ4v) is 1.98. The van der Waals surface area contributed by atoms with Gasteiger partial charge in [0.25, 0.3) is 0 Å². The molecule has 2 aromatic carbocycles. The molecular weight excluding hydrogens is 324 g/mol. The first kappa shape index (κ1) is 18.1. The number of carbonyl (C=O) groups excluding carboxylic acids is 2. The maximum Gasteiger partial charge on any atom is 0.333 e. The van der Waals surface area contributed by atoms with Crippen LogP contribution in [0.15, 0.2) is 54.6 Å². The third-order valence-corrected chi connectivity index (χ3v) is 3.28. The van der Waals surface area contributed by atoms with E-state index in [-0.39, 0.29) is 36.1 Å². The van der Waals surface area contributed by atoms with E-state index in [1.807, 2.05) is 0 Å². The molecule has 0 bridgehead atoms. The van der Waals surface area contributed by atoms with E-state index in [1.165, 1.54) is 42.5 Å². The SMILES string of the molecule is C=C(C)C(=O)OCCOc1ccc(C(=O)c2ccc(O)cc2)c(O)c1. The molecule has 0 saturated carbocycles. The topological polar surface area (TPSA) is 93.1 Å². The Kier molecular flexibility index (Phi) is 5.79. The predicted molar refractivity (Wildman–Crippen MR) is 90.9 cm³/mol. The zero-order chi connectivity index (χ0) is 18.4. The van der Waals surface area contributed by atoms with Crippen LogP contribution >= 0.6 is 0 Å². The monoisotopic (exact) mass is 342 g/mol. The van der Waals surface area contributed by atoms with Gasteiger partial charge < -0.3 is 19.7 Å². The summed E-state index contributed by atoms with van der Waals surface area (Å²) < 4.78 is 10.2. The highest BCUT2D eigenvalue weighted by atomic mass is 16.6. The van der Waals surface area contributed by atoms with Gasteiger partial charge in [-0.05, 0) is 43.3 Å². The van der Waals surface area contributed by atoms with Crippen molar-refractivity contribution in [2.24, 2.45) is 0 Å². The summed E-state index contributed by atoms with van der Waals surface area (Å²) in [5.74, 6) is -0.710. The number of esters is 1. The summed E-state index contributed by atoms with van der Waals surface area (Å²) in [5.41, 5.74) is 0.759. The van der Waals surface area contributed by atoms with Gasteiger partial charge in [-0.3, -0.25) is 4.79 Å². The van der Waals surface area contributed by atoms with E-state index in [0.717, 1.165) is 0 Å². The molecular formula is C19H18O6. The standard InChI is InChI=1S/C19H18O6/c1-12(2)19(23)25-10-9-24-15-7-8-16(17(21)11-15)18(22)13-3-5-14(20)6-4-13/h3-8,11,20-21H,1,9-10H2,2H3. The zero-order valence-electron chi connectivity index (χ0n) is 13.7. The molecule has 2 N–H and O–H groups in total. The molecule has 0 aliphatic carbocycles. The lowest BCUT2D eigenvalue weighted by molar-refractivity contribution is -0.139. The van der Waals surface area contributed by atoms with Gasteiger partial charge in [0, 0.05) is 17.2 Å². The number of rotatable bonds is 7. The molecule has 25 heavy (non-hydrogen) atoms. The Hall–Kier alpha value is -3.28. The molecule has 0 saturated heterocycles. The Bertz CT molecular complexity index is 792. The number of ketones is 1. The number of ether oxygens (including phenoxy) is 2. The van der Waals surface area contributed by atoms with E-state index < -0.39 is 5.97 Å². The van der Waals surface area contributed by atoms with Gasteiger partial charge in [-0.1, -0.05) is 6.58 Å². The van der Waals surface area contributed by atoms with E-state index in [1.54, 1.807) is 6.92 Å². The van der Waals surface area contributed by atoms with Crippen LogP contribution in [0.25, 0.3) is 0 Å². The lowest BCUT2D eigenvalue weighted by atomic mass is 10.0. The molecule has 2 aromatic rings. The minimum atomic E-state index is -0.499. The van der Waals surface area contributed by atoms with Gasteiger partial charge in [-0.25, -0.2) is 4.79 Å². The number of hydrogen-bond acceptors (Lipinski definition) is 6. The molecule has 0 radical (unpaired) electrons. The molecule has 0 atom stereocenters. The van der Waals surface area contributed by atoms with E-state index >= 15 is 0 Å². The van der Waals surface area contributed by atoms with Gasteiger partial charge in [0.1, 0.15) is 30.5 Å². The first-order valence-corrected chi connectivity index (χ1v) is 7.50. The average Bonchev–Trinajstić information content (AvgIpc) is 2.58. The van der Waals surface area contributed by atoms with Gasteiger partial charge in [0.2, 0.25) is 0 Å². The summed E-state index contributed by atoms with van der Waals surface area (Å²) in [5, 5.41) is 19.3. The molecule has 0 aromatic heterocycles. The van der Waals surface area contributed by atoms with Crippen molar-refractivity contribution in [3.8, 4) is 17.2 Å². The number of hydrogen-bond donors (Lipinski definition) is 2. The number of phenolic OH excluding ortho intramolecular Hbond substituents is 2. The molecule has 0 unspecified atom stereocenters. The Balaban J connectivity index is 1.98. The van der Waals surface area contributed by atoms with Crippen molar-refractivity contribution in [2.45, 2.75) is 6.92 Å². The van der Waals surface area contributed by atoms with E-state index in [0.29, 0.717) is 16.9 Å². The highest BCUT2D eigenvalue weighted by molar-refractivity contribution is 6.10. The molecule has 0 aliphatic heterocycles. The van der Waals surface area contributed by atoms with Crippen molar-refractivity contribution in [2.75, 3.05) is 13.2 Å². The molecule has 0 aliphatic rings. The zero-order valence-corrected chi connectivity index (χ0v) is 13.7. The molecule has 6 heteroatoms. The lowest BCUT2D eigenvalue weighted by Crippen LogP contribution is -2.12. The molecule has 0 fully saturated rings. The first-order valence-electron chi connectivity index (χ1n) is 7.50. The van der Waals surface area contributed by atoms with Crippen LogP contribution in [0.4, 0.5) is 0 Å². The second-order valence-electron chi connectivity index (χ2n) is 5.32. The molecule has 2 rings (SSSR count). The van der Waals surface area contributed by atoms with Crippen molar-refractivity contribution >= 4 is 11.8 Å². The molecule has 0 spiro atoms. The summed E-state index contributed by atoms with van der Waals surface area (Å²) >= 11 is 0. The Labute approximate surface area is 144 Å². The number of benzene rings is 2. The van der Waals surface area contributed by atoms with Crippen LogP contribution in [0.1, 0.15) is 22.8 Å².